The van der Waals surface area contributed by atoms with E-state index in [2.05, 4.69) is 0 Å². The molecule has 0 amide bonds. The summed E-state index contributed by atoms with van der Waals surface area (Å²) in [5.74, 6) is -7.86. The fourth-order valence-corrected chi connectivity index (χ4v) is 0.967. The van der Waals surface area contributed by atoms with Crippen molar-refractivity contribution in [3.05, 3.63) is 0 Å². The van der Waals surface area contributed by atoms with E-state index in [1.54, 1.807) is 0 Å². The molecule has 0 aliphatic heterocycles. The number of aliphatic hydroxyl groups is 2. The van der Waals surface area contributed by atoms with Gasteiger partial charge in [0.25, 0.3) is 0 Å². The maximum absolute atomic E-state index is 10.3. The molecule has 0 saturated carbocycles. The molecular formula is C10H14O12Zn. The van der Waals surface area contributed by atoms with Gasteiger partial charge < -0.3 is 35.7 Å². The van der Waals surface area contributed by atoms with Gasteiger partial charge in [0.15, 0.2) is 11.7 Å². The van der Waals surface area contributed by atoms with Crippen molar-refractivity contribution in [1.29, 1.82) is 0 Å². The molecule has 0 radical (unpaired) electrons. The Kier molecular flexibility index (Phi) is 12.9. The molecule has 12 nitrogen and oxygen atoms in total. The second kappa shape index (κ2) is 11.5. The Morgan fingerprint density at radius 1 is 0.783 bits per heavy atom. The minimum absolute atomic E-state index is 0. The van der Waals surface area contributed by atoms with Gasteiger partial charge in [0, 0.05) is 19.5 Å². The molecular weight excluding hydrogens is 377 g/mol. The topological polar surface area (TPSA) is 227 Å². The Morgan fingerprint density at radius 2 is 1.13 bits per heavy atom. The first kappa shape index (κ1) is 25.8. The third-order valence-corrected chi connectivity index (χ3v) is 1.94. The predicted molar refractivity (Wildman–Crippen MR) is 63.0 cm³/mol. The number of hydrogen-bond acceptors (Lipinski definition) is 7. The van der Waals surface area contributed by atoms with Gasteiger partial charge in [0.1, 0.15) is 0 Å². The van der Waals surface area contributed by atoms with E-state index in [0.717, 1.165) is 0 Å². The van der Waals surface area contributed by atoms with Crippen LogP contribution in [0.1, 0.15) is 19.3 Å². The van der Waals surface area contributed by atoms with Gasteiger partial charge in [-0.05, 0) is 0 Å². The van der Waals surface area contributed by atoms with E-state index in [-0.39, 0.29) is 19.5 Å². The molecule has 1 unspecified atom stereocenters. The summed E-state index contributed by atoms with van der Waals surface area (Å²) >= 11 is 0. The number of carbonyl (C=O) groups is 5. The standard InChI is InChI=1S/C6H8O7.C4H6O5.Zn/c7-3(8)1-6(13,5(11)12)2-4(9)10;5-2(4(8)9)1-3(6)7;/h13H,1-2H2,(H,7,8)(H,9,10)(H,11,12);2,5H,1H2,(H,6,7)(H,8,9);. The zero-order valence-electron chi connectivity index (χ0n) is 11.6. The Morgan fingerprint density at radius 3 is 1.26 bits per heavy atom. The van der Waals surface area contributed by atoms with Crippen molar-refractivity contribution < 1.29 is 79.2 Å². The van der Waals surface area contributed by atoms with Gasteiger partial charge in [0.05, 0.1) is 19.3 Å². The number of carboxylic acids is 5. The Labute approximate surface area is 140 Å². The van der Waals surface area contributed by atoms with Crippen LogP contribution in [0, 0.1) is 0 Å². The van der Waals surface area contributed by atoms with Crippen LogP contribution in [0.2, 0.25) is 0 Å². The molecule has 0 aromatic heterocycles. The monoisotopic (exact) mass is 390 g/mol. The van der Waals surface area contributed by atoms with Crippen LogP contribution >= 0.6 is 0 Å². The molecule has 0 aromatic carbocycles. The van der Waals surface area contributed by atoms with Crippen molar-refractivity contribution in [3.63, 3.8) is 0 Å². The van der Waals surface area contributed by atoms with E-state index >= 15 is 0 Å². The number of rotatable bonds is 8. The Bertz CT molecular complexity index is 443. The average molecular weight is 392 g/mol. The number of aliphatic hydroxyl groups excluding tert-OH is 1. The summed E-state index contributed by atoms with van der Waals surface area (Å²) in [6.07, 6.45) is -4.83. The van der Waals surface area contributed by atoms with Gasteiger partial charge >= 0.3 is 29.8 Å². The summed E-state index contributed by atoms with van der Waals surface area (Å²) in [4.78, 5) is 49.9. The minimum atomic E-state index is -2.74. The first-order chi connectivity index (χ1) is 9.81. The van der Waals surface area contributed by atoms with E-state index in [1.165, 1.54) is 0 Å². The maximum Gasteiger partial charge on any atom is 0.336 e. The van der Waals surface area contributed by atoms with Crippen molar-refractivity contribution >= 4 is 29.8 Å². The van der Waals surface area contributed by atoms with Crippen LogP contribution in [0.3, 0.4) is 0 Å². The second-order valence-electron chi connectivity index (χ2n) is 3.93. The summed E-state index contributed by atoms with van der Waals surface area (Å²) in [5, 5.41) is 58.0. The zero-order chi connectivity index (χ0) is 18.1. The van der Waals surface area contributed by atoms with Crippen LogP contribution in [0.15, 0.2) is 0 Å². The Hall–Kier alpha value is -2.11. The number of aliphatic carboxylic acids is 5. The summed E-state index contributed by atoms with van der Waals surface area (Å²) in [7, 11) is 0. The molecule has 13 heteroatoms. The van der Waals surface area contributed by atoms with Crippen molar-refractivity contribution in [2.75, 3.05) is 0 Å². The smallest absolute Gasteiger partial charge is 0.336 e. The molecule has 7 N–H and O–H groups in total. The van der Waals surface area contributed by atoms with E-state index in [0.29, 0.717) is 0 Å². The summed E-state index contributed by atoms with van der Waals surface area (Å²) in [5.41, 5.74) is -2.74. The molecule has 0 aliphatic rings. The normalized spacial score (nSPS) is 11.0. The molecule has 0 bridgehead atoms. The zero-order valence-corrected chi connectivity index (χ0v) is 14.5. The van der Waals surface area contributed by atoms with Gasteiger partial charge in [-0.15, -0.1) is 0 Å². The summed E-state index contributed by atoms with van der Waals surface area (Å²) in [6, 6.07) is 0. The predicted octanol–water partition coefficient (Wildman–Crippen LogP) is -2.34. The van der Waals surface area contributed by atoms with Crippen molar-refractivity contribution in [2.24, 2.45) is 0 Å². The SMILES string of the molecule is O=C(O)CC(O)(CC(=O)O)C(=O)O.O=C(O)CC(O)C(=O)O.[Zn]. The van der Waals surface area contributed by atoms with Crippen molar-refractivity contribution in [2.45, 2.75) is 31.0 Å². The third kappa shape index (κ3) is 13.3. The third-order valence-electron chi connectivity index (χ3n) is 1.94. The van der Waals surface area contributed by atoms with Crippen molar-refractivity contribution in [3.8, 4) is 0 Å². The van der Waals surface area contributed by atoms with Gasteiger partial charge in [-0.3, -0.25) is 14.4 Å². The molecule has 0 heterocycles. The minimum Gasteiger partial charge on any atom is -0.481 e. The van der Waals surface area contributed by atoms with Gasteiger partial charge in [0.2, 0.25) is 0 Å². The van der Waals surface area contributed by atoms with Crippen LogP contribution in [-0.4, -0.2) is 77.3 Å². The maximum atomic E-state index is 10.3. The van der Waals surface area contributed by atoms with Gasteiger partial charge in [-0.25, -0.2) is 9.59 Å². The van der Waals surface area contributed by atoms with Gasteiger partial charge in [-0.2, -0.15) is 0 Å². The van der Waals surface area contributed by atoms with Crippen LogP contribution in [0.25, 0.3) is 0 Å². The molecule has 0 aliphatic carbocycles. The summed E-state index contributed by atoms with van der Waals surface area (Å²) < 4.78 is 0. The molecule has 1 atom stereocenters. The molecule has 0 fully saturated rings. The van der Waals surface area contributed by atoms with E-state index in [1.807, 2.05) is 0 Å². The van der Waals surface area contributed by atoms with Crippen LogP contribution < -0.4 is 0 Å². The summed E-state index contributed by atoms with van der Waals surface area (Å²) in [6.45, 7) is 0. The molecule has 23 heavy (non-hydrogen) atoms. The molecule has 0 spiro atoms. The molecule has 0 saturated heterocycles. The quantitative estimate of drug-likeness (QED) is 0.216. The van der Waals surface area contributed by atoms with E-state index in [4.69, 9.17) is 35.7 Å². The van der Waals surface area contributed by atoms with Crippen LogP contribution in [0.5, 0.6) is 0 Å². The van der Waals surface area contributed by atoms with E-state index < -0.39 is 60.8 Å². The Balaban J connectivity index is -0.000000354. The van der Waals surface area contributed by atoms with Crippen LogP contribution in [0.4, 0.5) is 0 Å². The average Bonchev–Trinajstić information content (AvgIpc) is 2.25. The first-order valence-electron chi connectivity index (χ1n) is 5.34. The largest absolute Gasteiger partial charge is 0.481 e. The molecule has 128 valence electrons. The van der Waals surface area contributed by atoms with E-state index in [9.17, 15) is 24.0 Å². The van der Waals surface area contributed by atoms with Gasteiger partial charge in [-0.1, -0.05) is 0 Å². The van der Waals surface area contributed by atoms with Crippen molar-refractivity contribution in [1.82, 2.24) is 0 Å². The second-order valence-corrected chi connectivity index (χ2v) is 3.93. The molecule has 0 rings (SSSR count). The first-order valence-corrected chi connectivity index (χ1v) is 5.34. The number of carboxylic acid groups (broad SMARTS) is 5. The fourth-order valence-electron chi connectivity index (χ4n) is 0.967. The number of hydrogen-bond donors (Lipinski definition) is 7. The fraction of sp³-hybridized carbons (Fsp3) is 0.500. The van der Waals surface area contributed by atoms with Crippen LogP contribution in [-0.2, 0) is 43.5 Å². The molecule has 0 aromatic rings.